The van der Waals surface area contributed by atoms with Gasteiger partial charge < -0.3 is 9.16 Å². The number of hydrogen-bond acceptors (Lipinski definition) is 3. The molecular formula is C19H32O3Si. The Morgan fingerprint density at radius 1 is 1.04 bits per heavy atom. The van der Waals surface area contributed by atoms with Gasteiger partial charge in [0.1, 0.15) is 5.75 Å². The Balaban J connectivity index is 3.30. The van der Waals surface area contributed by atoms with Gasteiger partial charge in [0.25, 0.3) is 8.32 Å². The molecule has 0 saturated carbocycles. The Hall–Kier alpha value is -1.29. The first-order valence-electron chi connectivity index (χ1n) is 8.64. The number of carbonyl (C=O) groups excluding carboxylic acids is 1. The molecule has 0 aromatic heterocycles. The molecule has 0 unspecified atom stereocenters. The average Bonchev–Trinajstić information content (AvgIpc) is 2.45. The van der Waals surface area contributed by atoms with Crippen molar-refractivity contribution in [3.8, 4) is 5.75 Å². The minimum Gasteiger partial charge on any atom is -0.542 e. The van der Waals surface area contributed by atoms with Crippen LogP contribution in [0.3, 0.4) is 0 Å². The molecule has 1 aromatic rings. The summed E-state index contributed by atoms with van der Waals surface area (Å²) < 4.78 is 11.9. The summed E-state index contributed by atoms with van der Waals surface area (Å²) in [5, 5.41) is 0. The molecule has 0 N–H and O–H groups in total. The van der Waals surface area contributed by atoms with E-state index in [0.29, 0.717) is 28.8 Å². The molecule has 0 heterocycles. The third kappa shape index (κ3) is 3.97. The van der Waals surface area contributed by atoms with Gasteiger partial charge in [-0.15, -0.1) is 0 Å². The normalized spacial score (nSPS) is 12.1. The zero-order chi connectivity index (χ0) is 17.8. The molecule has 4 heteroatoms. The summed E-state index contributed by atoms with van der Waals surface area (Å²) in [5.74, 6) is 0.555. The molecule has 0 amide bonds. The standard InChI is InChI=1S/C19H32O3Si/c1-9-21-19(20)17-11-10-12-18(16(17)8)22-23(13(2)3,14(4)5)15(6)7/h10-15H,9H2,1-8H3. The van der Waals surface area contributed by atoms with Crippen LogP contribution in [0.15, 0.2) is 18.2 Å². The largest absolute Gasteiger partial charge is 0.542 e. The highest BCUT2D eigenvalue weighted by Gasteiger charge is 2.47. The first-order valence-corrected chi connectivity index (χ1v) is 10.8. The molecule has 23 heavy (non-hydrogen) atoms. The topological polar surface area (TPSA) is 35.5 Å². The number of hydrogen-bond donors (Lipinski definition) is 0. The summed E-state index contributed by atoms with van der Waals surface area (Å²) in [6, 6.07) is 5.67. The number of benzene rings is 1. The van der Waals surface area contributed by atoms with E-state index < -0.39 is 8.32 Å². The second kappa shape index (κ2) is 8.00. The lowest BCUT2D eigenvalue weighted by Crippen LogP contribution is -2.50. The highest BCUT2D eigenvalue weighted by molar-refractivity contribution is 6.78. The third-order valence-electron chi connectivity index (χ3n) is 4.77. The number of ether oxygens (including phenoxy) is 1. The van der Waals surface area contributed by atoms with E-state index in [-0.39, 0.29) is 5.97 Å². The molecule has 0 fully saturated rings. The molecule has 3 nitrogen and oxygen atoms in total. The highest BCUT2D eigenvalue weighted by atomic mass is 28.4. The van der Waals surface area contributed by atoms with E-state index in [0.717, 1.165) is 11.3 Å². The van der Waals surface area contributed by atoms with Crippen LogP contribution >= 0.6 is 0 Å². The summed E-state index contributed by atoms with van der Waals surface area (Å²) in [7, 11) is -2.03. The maximum absolute atomic E-state index is 12.1. The van der Waals surface area contributed by atoms with Gasteiger partial charge in [-0.1, -0.05) is 47.6 Å². The van der Waals surface area contributed by atoms with Gasteiger partial charge >= 0.3 is 5.97 Å². The van der Waals surface area contributed by atoms with E-state index >= 15 is 0 Å². The van der Waals surface area contributed by atoms with Crippen LogP contribution in [-0.4, -0.2) is 20.9 Å². The molecule has 130 valence electrons. The lowest BCUT2D eigenvalue weighted by Gasteiger charge is -2.42. The molecule has 0 radical (unpaired) electrons. The Bertz CT molecular complexity index is 514. The van der Waals surface area contributed by atoms with Crippen LogP contribution < -0.4 is 4.43 Å². The first kappa shape index (κ1) is 19.8. The van der Waals surface area contributed by atoms with Crippen LogP contribution in [0.25, 0.3) is 0 Å². The van der Waals surface area contributed by atoms with Gasteiger partial charge in [0.2, 0.25) is 0 Å². The van der Waals surface area contributed by atoms with E-state index in [9.17, 15) is 4.79 Å². The second-order valence-corrected chi connectivity index (χ2v) is 12.4. The summed E-state index contributed by atoms with van der Waals surface area (Å²) in [5.41, 5.74) is 2.96. The highest BCUT2D eigenvalue weighted by Crippen LogP contribution is 2.43. The summed E-state index contributed by atoms with van der Waals surface area (Å²) in [6.07, 6.45) is 0. The Labute approximate surface area is 142 Å². The van der Waals surface area contributed by atoms with Crippen LogP contribution in [0.1, 0.15) is 64.4 Å². The zero-order valence-electron chi connectivity index (χ0n) is 15.9. The maximum Gasteiger partial charge on any atom is 0.338 e. The lowest BCUT2D eigenvalue weighted by molar-refractivity contribution is 0.0525. The molecule has 0 atom stereocenters. The molecule has 0 aliphatic heterocycles. The van der Waals surface area contributed by atoms with Crippen LogP contribution in [0, 0.1) is 6.92 Å². The predicted molar refractivity (Wildman–Crippen MR) is 98.8 cm³/mol. The van der Waals surface area contributed by atoms with E-state index in [1.54, 1.807) is 0 Å². The monoisotopic (exact) mass is 336 g/mol. The van der Waals surface area contributed by atoms with Crippen molar-refractivity contribution in [2.45, 2.75) is 72.0 Å². The molecule has 1 rings (SSSR count). The number of carbonyl (C=O) groups is 1. The van der Waals surface area contributed by atoms with Crippen LogP contribution in [0.2, 0.25) is 16.6 Å². The van der Waals surface area contributed by atoms with E-state index in [1.807, 2.05) is 32.0 Å². The van der Waals surface area contributed by atoms with E-state index in [4.69, 9.17) is 9.16 Å². The minimum atomic E-state index is -2.03. The van der Waals surface area contributed by atoms with Crippen molar-refractivity contribution in [3.05, 3.63) is 29.3 Å². The first-order chi connectivity index (χ1) is 10.7. The maximum atomic E-state index is 12.1. The van der Waals surface area contributed by atoms with Crippen molar-refractivity contribution in [1.29, 1.82) is 0 Å². The predicted octanol–water partition coefficient (Wildman–Crippen LogP) is 5.73. The minimum absolute atomic E-state index is 0.277. The van der Waals surface area contributed by atoms with Gasteiger partial charge in [-0.2, -0.15) is 0 Å². The SMILES string of the molecule is CCOC(=O)c1cccc(O[Si](C(C)C)(C(C)C)C(C)C)c1C. The third-order valence-corrected chi connectivity index (χ3v) is 10.8. The van der Waals surface area contributed by atoms with Gasteiger partial charge in [0.15, 0.2) is 0 Å². The Morgan fingerprint density at radius 2 is 1.57 bits per heavy atom. The fraction of sp³-hybridized carbons (Fsp3) is 0.632. The van der Waals surface area contributed by atoms with Crippen LogP contribution in [0.5, 0.6) is 5.75 Å². The number of esters is 1. The van der Waals surface area contributed by atoms with E-state index in [2.05, 4.69) is 41.5 Å². The molecule has 0 bridgehead atoms. The fourth-order valence-electron chi connectivity index (χ4n) is 3.70. The smallest absolute Gasteiger partial charge is 0.338 e. The van der Waals surface area contributed by atoms with Gasteiger partial charge in [-0.05, 0) is 42.6 Å². The Morgan fingerprint density at radius 3 is 2.00 bits per heavy atom. The quantitative estimate of drug-likeness (QED) is 0.471. The second-order valence-electron chi connectivity index (χ2n) is 7.07. The van der Waals surface area contributed by atoms with Gasteiger partial charge in [0, 0.05) is 5.56 Å². The fourth-order valence-corrected chi connectivity index (χ4v) is 9.01. The number of rotatable bonds is 7. The van der Waals surface area contributed by atoms with Crippen molar-refractivity contribution in [2.75, 3.05) is 6.61 Å². The summed E-state index contributed by atoms with van der Waals surface area (Å²) in [4.78, 5) is 12.1. The molecule has 0 aliphatic carbocycles. The van der Waals surface area contributed by atoms with Crippen LogP contribution in [0.4, 0.5) is 0 Å². The Kier molecular flexibility index (Phi) is 6.87. The molecular weight excluding hydrogens is 304 g/mol. The molecule has 1 aromatic carbocycles. The van der Waals surface area contributed by atoms with Crippen molar-refractivity contribution >= 4 is 14.3 Å². The molecule has 0 saturated heterocycles. The van der Waals surface area contributed by atoms with Crippen molar-refractivity contribution in [1.82, 2.24) is 0 Å². The van der Waals surface area contributed by atoms with E-state index in [1.165, 1.54) is 0 Å². The van der Waals surface area contributed by atoms with Crippen molar-refractivity contribution in [3.63, 3.8) is 0 Å². The van der Waals surface area contributed by atoms with Crippen LogP contribution in [-0.2, 0) is 4.74 Å². The van der Waals surface area contributed by atoms with Crippen molar-refractivity contribution < 1.29 is 14.0 Å². The molecule has 0 spiro atoms. The lowest BCUT2D eigenvalue weighted by atomic mass is 10.1. The summed E-state index contributed by atoms with van der Waals surface area (Å²) >= 11 is 0. The van der Waals surface area contributed by atoms with Gasteiger partial charge in [0.05, 0.1) is 12.2 Å². The van der Waals surface area contributed by atoms with Gasteiger partial charge in [-0.25, -0.2) is 4.79 Å². The summed E-state index contributed by atoms with van der Waals surface area (Å²) in [6.45, 7) is 17.7. The zero-order valence-corrected chi connectivity index (χ0v) is 16.9. The molecule has 0 aliphatic rings. The van der Waals surface area contributed by atoms with Crippen molar-refractivity contribution in [2.24, 2.45) is 0 Å². The van der Waals surface area contributed by atoms with Gasteiger partial charge in [-0.3, -0.25) is 0 Å². The average molecular weight is 337 g/mol.